The summed E-state index contributed by atoms with van der Waals surface area (Å²) < 4.78 is 0. The van der Waals surface area contributed by atoms with Gasteiger partial charge < -0.3 is 4.98 Å². The average molecular weight is 358 g/mol. The Balaban J connectivity index is 1.94. The largest absolute Gasteiger partial charge is 0.301 e. The van der Waals surface area contributed by atoms with Gasteiger partial charge in [0.15, 0.2) is 5.16 Å². The number of aryl methyl sites for hydroxylation is 1. The van der Waals surface area contributed by atoms with Crippen molar-refractivity contribution in [1.29, 1.82) is 0 Å². The summed E-state index contributed by atoms with van der Waals surface area (Å²) in [7, 11) is 0. The number of ketones is 1. The number of carbonyl (C=O) groups excluding carboxylic acids is 1. The second-order valence-corrected chi connectivity index (χ2v) is 7.49. The molecule has 0 saturated heterocycles. The molecular formula is C18H18N2O2S2. The molecule has 3 aromatic rings. The van der Waals surface area contributed by atoms with E-state index in [-0.39, 0.29) is 11.3 Å². The minimum atomic E-state index is -0.124. The highest BCUT2D eigenvalue weighted by Gasteiger charge is 2.13. The number of Topliss-reactive ketones (excluding diaryl/α,β-unsaturated/α-hetero) is 1. The Labute approximate surface area is 148 Å². The highest BCUT2D eigenvalue weighted by Crippen LogP contribution is 2.31. The third-order valence-corrected chi connectivity index (χ3v) is 5.54. The van der Waals surface area contributed by atoms with Gasteiger partial charge in [0.1, 0.15) is 10.6 Å². The average Bonchev–Trinajstić information content (AvgIpc) is 2.99. The van der Waals surface area contributed by atoms with Crippen molar-refractivity contribution in [3.05, 3.63) is 45.6 Å². The first-order valence-corrected chi connectivity index (χ1v) is 9.68. The molecule has 24 heavy (non-hydrogen) atoms. The van der Waals surface area contributed by atoms with Crippen molar-refractivity contribution in [2.24, 2.45) is 0 Å². The van der Waals surface area contributed by atoms with Crippen LogP contribution in [0, 0.1) is 0 Å². The Bertz CT molecular complexity index is 926. The third-order valence-electron chi connectivity index (χ3n) is 3.79. The standard InChI is InChI=1S/C18H18N2O2S2/c1-3-12-4-6-13(7-5-12)14-10-24-17-15(14)16(22)19-18(20-17)23-9-8-11(2)21/h4-7,10H,3,8-9H2,1-2H3,(H,19,20,22). The molecule has 0 unspecified atom stereocenters. The summed E-state index contributed by atoms with van der Waals surface area (Å²) in [6.07, 6.45) is 1.47. The van der Waals surface area contributed by atoms with E-state index in [4.69, 9.17) is 0 Å². The van der Waals surface area contributed by atoms with Gasteiger partial charge in [-0.3, -0.25) is 9.59 Å². The predicted molar refractivity (Wildman–Crippen MR) is 101 cm³/mol. The zero-order valence-corrected chi connectivity index (χ0v) is 15.2. The normalized spacial score (nSPS) is 11.1. The van der Waals surface area contributed by atoms with Gasteiger partial charge in [-0.25, -0.2) is 4.98 Å². The van der Waals surface area contributed by atoms with Gasteiger partial charge in [-0.05, 0) is 24.5 Å². The zero-order chi connectivity index (χ0) is 17.1. The van der Waals surface area contributed by atoms with Crippen LogP contribution in [0.4, 0.5) is 0 Å². The zero-order valence-electron chi connectivity index (χ0n) is 13.6. The molecule has 0 amide bonds. The number of benzene rings is 1. The predicted octanol–water partition coefficient (Wildman–Crippen LogP) is 4.29. The van der Waals surface area contributed by atoms with Gasteiger partial charge in [-0.1, -0.05) is 43.0 Å². The first-order valence-electron chi connectivity index (χ1n) is 7.81. The van der Waals surface area contributed by atoms with Crippen molar-refractivity contribution in [3.8, 4) is 11.1 Å². The van der Waals surface area contributed by atoms with Crippen molar-refractivity contribution < 1.29 is 4.79 Å². The van der Waals surface area contributed by atoms with E-state index in [2.05, 4.69) is 41.2 Å². The molecular weight excluding hydrogens is 340 g/mol. The van der Waals surface area contributed by atoms with E-state index in [1.165, 1.54) is 28.7 Å². The van der Waals surface area contributed by atoms with Crippen LogP contribution in [0.1, 0.15) is 25.8 Å². The molecule has 0 aliphatic carbocycles. The van der Waals surface area contributed by atoms with E-state index >= 15 is 0 Å². The van der Waals surface area contributed by atoms with Crippen LogP contribution in [0.15, 0.2) is 39.6 Å². The van der Waals surface area contributed by atoms with Gasteiger partial charge in [0.05, 0.1) is 5.39 Å². The SMILES string of the molecule is CCc1ccc(-c2csc3nc(SCCC(C)=O)[nH]c(=O)c23)cc1. The van der Waals surface area contributed by atoms with Crippen LogP contribution in [0.25, 0.3) is 21.3 Å². The van der Waals surface area contributed by atoms with Crippen LogP contribution in [0.5, 0.6) is 0 Å². The van der Waals surface area contributed by atoms with Crippen LogP contribution < -0.4 is 5.56 Å². The number of nitrogens with zero attached hydrogens (tertiary/aromatic N) is 1. The van der Waals surface area contributed by atoms with E-state index < -0.39 is 0 Å². The lowest BCUT2D eigenvalue weighted by Crippen LogP contribution is -2.09. The van der Waals surface area contributed by atoms with Gasteiger partial charge in [-0.2, -0.15) is 0 Å². The Hall–Kier alpha value is -1.92. The smallest absolute Gasteiger partial charge is 0.260 e. The second kappa shape index (κ2) is 7.32. The number of hydrogen-bond acceptors (Lipinski definition) is 5. The van der Waals surface area contributed by atoms with Crippen molar-refractivity contribution in [2.75, 3.05) is 5.75 Å². The molecule has 124 valence electrons. The minimum absolute atomic E-state index is 0.124. The van der Waals surface area contributed by atoms with Crippen molar-refractivity contribution in [2.45, 2.75) is 31.8 Å². The van der Waals surface area contributed by atoms with E-state index in [1.807, 2.05) is 5.38 Å². The summed E-state index contributed by atoms with van der Waals surface area (Å²) in [6.45, 7) is 3.68. The number of thioether (sulfide) groups is 1. The molecule has 0 saturated carbocycles. The lowest BCUT2D eigenvalue weighted by Gasteiger charge is -2.03. The van der Waals surface area contributed by atoms with Gasteiger partial charge in [0, 0.05) is 23.1 Å². The van der Waals surface area contributed by atoms with E-state index in [0.29, 0.717) is 22.7 Å². The van der Waals surface area contributed by atoms with Gasteiger partial charge >= 0.3 is 0 Å². The number of rotatable bonds is 6. The topological polar surface area (TPSA) is 62.8 Å². The number of carbonyl (C=O) groups is 1. The first kappa shape index (κ1) is 16.9. The Morgan fingerprint density at radius 1 is 1.29 bits per heavy atom. The Kier molecular flexibility index (Phi) is 5.16. The fourth-order valence-electron chi connectivity index (χ4n) is 2.42. The molecule has 0 aliphatic heterocycles. The van der Waals surface area contributed by atoms with E-state index in [1.54, 1.807) is 6.92 Å². The molecule has 0 spiro atoms. The summed E-state index contributed by atoms with van der Waals surface area (Å²) in [5.74, 6) is 0.764. The summed E-state index contributed by atoms with van der Waals surface area (Å²) >= 11 is 2.88. The molecule has 3 rings (SSSR count). The summed E-state index contributed by atoms with van der Waals surface area (Å²) in [5.41, 5.74) is 3.10. The molecule has 0 fully saturated rings. The van der Waals surface area contributed by atoms with Gasteiger partial charge in [0.2, 0.25) is 0 Å². The number of H-pyrrole nitrogens is 1. The van der Waals surface area contributed by atoms with Crippen LogP contribution in [0.3, 0.4) is 0 Å². The maximum absolute atomic E-state index is 12.5. The van der Waals surface area contributed by atoms with Crippen LogP contribution >= 0.6 is 23.1 Å². The second-order valence-electron chi connectivity index (χ2n) is 5.55. The van der Waals surface area contributed by atoms with Crippen molar-refractivity contribution >= 4 is 39.1 Å². The fourth-order valence-corrected chi connectivity index (χ4v) is 4.33. The summed E-state index contributed by atoms with van der Waals surface area (Å²) in [4.78, 5) is 31.6. The third kappa shape index (κ3) is 3.60. The maximum atomic E-state index is 12.5. The minimum Gasteiger partial charge on any atom is -0.301 e. The fraction of sp³-hybridized carbons (Fsp3) is 0.278. The molecule has 0 radical (unpaired) electrons. The van der Waals surface area contributed by atoms with Crippen LogP contribution in [-0.4, -0.2) is 21.5 Å². The monoisotopic (exact) mass is 358 g/mol. The Morgan fingerprint density at radius 3 is 2.71 bits per heavy atom. The maximum Gasteiger partial charge on any atom is 0.260 e. The number of aromatic nitrogens is 2. The summed E-state index contributed by atoms with van der Waals surface area (Å²) in [6, 6.07) is 8.28. The number of fused-ring (bicyclic) bond motifs is 1. The van der Waals surface area contributed by atoms with E-state index in [0.717, 1.165) is 22.4 Å². The highest BCUT2D eigenvalue weighted by atomic mass is 32.2. The molecule has 1 aromatic carbocycles. The molecule has 2 heterocycles. The number of aromatic amines is 1. The van der Waals surface area contributed by atoms with Crippen LogP contribution in [0.2, 0.25) is 0 Å². The van der Waals surface area contributed by atoms with Gasteiger partial charge in [-0.15, -0.1) is 11.3 Å². The lowest BCUT2D eigenvalue weighted by molar-refractivity contribution is -0.116. The highest BCUT2D eigenvalue weighted by molar-refractivity contribution is 7.99. The Morgan fingerprint density at radius 2 is 2.04 bits per heavy atom. The first-order chi connectivity index (χ1) is 11.6. The lowest BCUT2D eigenvalue weighted by atomic mass is 10.0. The number of hydrogen-bond donors (Lipinski definition) is 1. The number of thiophene rings is 1. The molecule has 6 heteroatoms. The van der Waals surface area contributed by atoms with Crippen molar-refractivity contribution in [3.63, 3.8) is 0 Å². The van der Waals surface area contributed by atoms with Crippen molar-refractivity contribution in [1.82, 2.24) is 9.97 Å². The summed E-state index contributed by atoms with van der Waals surface area (Å²) in [5, 5.41) is 3.20. The molecule has 0 bridgehead atoms. The molecule has 1 N–H and O–H groups in total. The molecule has 0 aliphatic rings. The van der Waals surface area contributed by atoms with Gasteiger partial charge in [0.25, 0.3) is 5.56 Å². The van der Waals surface area contributed by atoms with Crippen LogP contribution in [-0.2, 0) is 11.2 Å². The molecule has 0 atom stereocenters. The quantitative estimate of drug-likeness (QED) is 0.527. The molecule has 2 aromatic heterocycles. The molecule has 4 nitrogen and oxygen atoms in total. The number of nitrogens with one attached hydrogen (secondary N) is 1. The van der Waals surface area contributed by atoms with E-state index in [9.17, 15) is 9.59 Å².